The summed E-state index contributed by atoms with van der Waals surface area (Å²) < 4.78 is 29.3. The van der Waals surface area contributed by atoms with Gasteiger partial charge in [-0.05, 0) is 25.8 Å². The van der Waals surface area contributed by atoms with Crippen LogP contribution in [-0.4, -0.2) is 18.1 Å². The molecule has 122 valence electrons. The second-order valence-electron chi connectivity index (χ2n) is 5.89. The average molecular weight is 312 g/mol. The largest absolute Gasteiger partial charge is 0.434 e. The van der Waals surface area contributed by atoms with E-state index in [1.165, 1.54) is 6.07 Å². The minimum Gasteiger partial charge on any atom is -0.434 e. The first-order chi connectivity index (χ1) is 10.4. The minimum atomic E-state index is -2.89. The fourth-order valence-electron chi connectivity index (χ4n) is 2.82. The van der Waals surface area contributed by atoms with Gasteiger partial charge in [-0.3, -0.25) is 4.79 Å². The molecule has 4 nitrogen and oxygen atoms in total. The fraction of sp³-hybridized carbons (Fsp3) is 0.562. The maximum atomic E-state index is 12.4. The first-order valence-electron chi connectivity index (χ1n) is 7.52. The lowest BCUT2D eigenvalue weighted by Gasteiger charge is -2.31. The Morgan fingerprint density at radius 2 is 2.05 bits per heavy atom. The average Bonchev–Trinajstić information content (AvgIpc) is 2.47. The molecule has 6 heteroatoms. The Hall–Kier alpha value is -1.69. The van der Waals surface area contributed by atoms with Gasteiger partial charge in [-0.2, -0.15) is 8.78 Å². The molecule has 1 saturated carbocycles. The maximum Gasteiger partial charge on any atom is 0.387 e. The summed E-state index contributed by atoms with van der Waals surface area (Å²) in [6, 6.07) is 4.90. The van der Waals surface area contributed by atoms with Gasteiger partial charge in [0.1, 0.15) is 5.75 Å². The van der Waals surface area contributed by atoms with E-state index in [2.05, 4.69) is 10.1 Å². The second kappa shape index (κ2) is 7.05. The summed E-state index contributed by atoms with van der Waals surface area (Å²) in [7, 11) is 0. The number of rotatable bonds is 5. The van der Waals surface area contributed by atoms with E-state index in [1.807, 2.05) is 6.92 Å². The van der Waals surface area contributed by atoms with Crippen LogP contribution in [0.15, 0.2) is 18.2 Å². The van der Waals surface area contributed by atoms with E-state index in [9.17, 15) is 13.6 Å². The molecule has 1 aliphatic rings. The Bertz CT molecular complexity index is 529. The fourth-order valence-corrected chi connectivity index (χ4v) is 2.82. The molecule has 1 aromatic rings. The van der Waals surface area contributed by atoms with Gasteiger partial charge in [0, 0.05) is 12.1 Å². The van der Waals surface area contributed by atoms with Gasteiger partial charge in [-0.15, -0.1) is 0 Å². The van der Waals surface area contributed by atoms with Crippen LogP contribution in [0.3, 0.4) is 0 Å². The highest BCUT2D eigenvalue weighted by atomic mass is 19.3. The van der Waals surface area contributed by atoms with Crippen LogP contribution in [-0.2, 0) is 11.3 Å². The monoisotopic (exact) mass is 312 g/mol. The van der Waals surface area contributed by atoms with Gasteiger partial charge in [0.2, 0.25) is 5.91 Å². The van der Waals surface area contributed by atoms with Crippen LogP contribution >= 0.6 is 0 Å². The third-order valence-corrected chi connectivity index (χ3v) is 4.07. The molecule has 0 atom stereocenters. The number of hydrogen-bond donors (Lipinski definition) is 2. The van der Waals surface area contributed by atoms with E-state index in [4.69, 9.17) is 5.73 Å². The summed E-state index contributed by atoms with van der Waals surface area (Å²) in [6.45, 7) is -0.916. The first kappa shape index (κ1) is 16.7. The van der Waals surface area contributed by atoms with Crippen molar-refractivity contribution in [3.8, 4) is 5.75 Å². The number of amides is 1. The van der Waals surface area contributed by atoms with E-state index in [0.29, 0.717) is 18.4 Å². The van der Waals surface area contributed by atoms with E-state index >= 15 is 0 Å². The van der Waals surface area contributed by atoms with Crippen molar-refractivity contribution >= 4 is 5.91 Å². The van der Waals surface area contributed by atoms with Gasteiger partial charge in [0.25, 0.3) is 0 Å². The SMILES string of the molecule is Cc1ccc(OC(F)F)c(CNC(=O)C2(N)CCCCC2)c1. The second-order valence-corrected chi connectivity index (χ2v) is 5.89. The molecule has 1 aliphatic carbocycles. The molecule has 0 bridgehead atoms. The highest BCUT2D eigenvalue weighted by molar-refractivity contribution is 5.86. The Morgan fingerprint density at radius 1 is 1.36 bits per heavy atom. The van der Waals surface area contributed by atoms with E-state index in [0.717, 1.165) is 24.8 Å². The van der Waals surface area contributed by atoms with Crippen molar-refractivity contribution in [2.75, 3.05) is 0 Å². The number of benzene rings is 1. The number of ether oxygens (including phenoxy) is 1. The van der Waals surface area contributed by atoms with Gasteiger partial charge in [-0.25, -0.2) is 0 Å². The van der Waals surface area contributed by atoms with Crippen molar-refractivity contribution in [1.29, 1.82) is 0 Å². The number of alkyl halides is 2. The highest BCUT2D eigenvalue weighted by Gasteiger charge is 2.35. The van der Waals surface area contributed by atoms with E-state index in [1.54, 1.807) is 12.1 Å². The third kappa shape index (κ3) is 4.16. The van der Waals surface area contributed by atoms with Crippen LogP contribution in [0.5, 0.6) is 5.75 Å². The number of hydrogen-bond acceptors (Lipinski definition) is 3. The molecule has 22 heavy (non-hydrogen) atoms. The van der Waals surface area contributed by atoms with E-state index < -0.39 is 12.2 Å². The van der Waals surface area contributed by atoms with Crippen LogP contribution < -0.4 is 15.8 Å². The Labute approximate surface area is 129 Å². The zero-order valence-electron chi connectivity index (χ0n) is 12.7. The number of aryl methyl sites for hydroxylation is 1. The Morgan fingerprint density at radius 3 is 2.68 bits per heavy atom. The molecule has 0 aromatic heterocycles. The zero-order valence-corrected chi connectivity index (χ0v) is 12.7. The lowest BCUT2D eigenvalue weighted by atomic mass is 9.82. The van der Waals surface area contributed by atoms with Crippen molar-refractivity contribution in [1.82, 2.24) is 5.32 Å². The third-order valence-electron chi connectivity index (χ3n) is 4.07. The van der Waals surface area contributed by atoms with Crippen LogP contribution in [0.4, 0.5) is 8.78 Å². The van der Waals surface area contributed by atoms with Crippen LogP contribution in [0.25, 0.3) is 0 Å². The normalized spacial score (nSPS) is 17.3. The van der Waals surface area contributed by atoms with Crippen molar-refractivity contribution in [2.24, 2.45) is 5.73 Å². The van der Waals surface area contributed by atoms with E-state index in [-0.39, 0.29) is 18.2 Å². The molecule has 0 spiro atoms. The summed E-state index contributed by atoms with van der Waals surface area (Å²) in [6.07, 6.45) is 4.29. The van der Waals surface area contributed by atoms with Crippen molar-refractivity contribution in [3.63, 3.8) is 0 Å². The van der Waals surface area contributed by atoms with Gasteiger partial charge >= 0.3 is 6.61 Å². The zero-order chi connectivity index (χ0) is 16.2. The summed E-state index contributed by atoms with van der Waals surface area (Å²) in [5.41, 5.74) is 6.74. The minimum absolute atomic E-state index is 0.0793. The topological polar surface area (TPSA) is 64.3 Å². The summed E-state index contributed by atoms with van der Waals surface area (Å²) in [4.78, 5) is 12.3. The lowest BCUT2D eigenvalue weighted by Crippen LogP contribution is -2.54. The Balaban J connectivity index is 2.04. The smallest absolute Gasteiger partial charge is 0.387 e. The van der Waals surface area contributed by atoms with Gasteiger partial charge < -0.3 is 15.8 Å². The number of nitrogens with one attached hydrogen (secondary N) is 1. The molecule has 2 rings (SSSR count). The number of carbonyl (C=O) groups is 1. The molecule has 0 saturated heterocycles. The number of nitrogens with two attached hydrogens (primary N) is 1. The molecule has 0 radical (unpaired) electrons. The van der Waals surface area contributed by atoms with Crippen molar-refractivity contribution in [3.05, 3.63) is 29.3 Å². The molecule has 3 N–H and O–H groups in total. The predicted molar refractivity (Wildman–Crippen MR) is 79.7 cm³/mol. The summed E-state index contributed by atoms with van der Waals surface area (Å²) >= 11 is 0. The van der Waals surface area contributed by atoms with Crippen molar-refractivity contribution in [2.45, 2.75) is 57.7 Å². The van der Waals surface area contributed by atoms with Crippen LogP contribution in [0.1, 0.15) is 43.2 Å². The maximum absolute atomic E-state index is 12.4. The first-order valence-corrected chi connectivity index (χ1v) is 7.52. The van der Waals surface area contributed by atoms with Crippen molar-refractivity contribution < 1.29 is 18.3 Å². The van der Waals surface area contributed by atoms with Gasteiger partial charge in [0.15, 0.2) is 0 Å². The van der Waals surface area contributed by atoms with Crippen LogP contribution in [0.2, 0.25) is 0 Å². The quantitative estimate of drug-likeness (QED) is 0.878. The molecule has 1 fully saturated rings. The van der Waals surface area contributed by atoms with Crippen LogP contribution in [0, 0.1) is 6.92 Å². The molecule has 0 heterocycles. The molecular formula is C16H22F2N2O2. The molecule has 0 unspecified atom stereocenters. The highest BCUT2D eigenvalue weighted by Crippen LogP contribution is 2.27. The number of halogens is 2. The molecule has 1 amide bonds. The summed E-state index contributed by atoms with van der Waals surface area (Å²) in [5.74, 6) is -0.146. The summed E-state index contributed by atoms with van der Waals surface area (Å²) in [5, 5.41) is 2.76. The number of carbonyl (C=O) groups excluding carboxylic acids is 1. The van der Waals surface area contributed by atoms with Gasteiger partial charge in [-0.1, -0.05) is 37.0 Å². The molecule has 0 aliphatic heterocycles. The molecular weight excluding hydrogens is 290 g/mol. The Kier molecular flexibility index (Phi) is 5.34. The predicted octanol–water partition coefficient (Wildman–Crippen LogP) is 2.87. The standard InChI is InChI=1S/C16H22F2N2O2/c1-11-5-6-13(22-15(17)18)12(9-11)10-20-14(21)16(19)7-3-2-4-8-16/h5-6,9,15H,2-4,7-8,10,19H2,1H3,(H,20,21). The van der Waals surface area contributed by atoms with Gasteiger partial charge in [0.05, 0.1) is 5.54 Å². The lowest BCUT2D eigenvalue weighted by molar-refractivity contribution is -0.127. The molecule has 1 aromatic carbocycles.